The van der Waals surface area contributed by atoms with E-state index in [1.54, 1.807) is 19.1 Å². The third kappa shape index (κ3) is 1.35. The number of nitrogens with zero attached hydrogens (tertiary/aromatic N) is 1. The highest BCUT2D eigenvalue weighted by molar-refractivity contribution is 5.82. The molecule has 0 bridgehead atoms. The van der Waals surface area contributed by atoms with Crippen LogP contribution in [0.3, 0.4) is 0 Å². The van der Waals surface area contributed by atoms with Crippen LogP contribution in [0.25, 0.3) is 17.0 Å². The van der Waals surface area contributed by atoms with E-state index in [0.29, 0.717) is 5.69 Å². The molecule has 14 heavy (non-hydrogen) atoms. The van der Waals surface area contributed by atoms with Crippen molar-refractivity contribution in [2.45, 2.75) is 6.92 Å². The van der Waals surface area contributed by atoms with Gasteiger partial charge in [-0.05, 0) is 24.6 Å². The molecule has 0 fully saturated rings. The lowest BCUT2D eigenvalue weighted by Crippen LogP contribution is -1.85. The van der Waals surface area contributed by atoms with Gasteiger partial charge in [-0.3, -0.25) is 0 Å². The Morgan fingerprint density at radius 1 is 1.36 bits per heavy atom. The number of aromatic nitrogens is 1. The summed E-state index contributed by atoms with van der Waals surface area (Å²) in [6.45, 7) is 5.49. The molecule has 70 valence electrons. The molecule has 0 saturated carbocycles. The van der Waals surface area contributed by atoms with Crippen LogP contribution >= 0.6 is 0 Å². The van der Waals surface area contributed by atoms with Crippen molar-refractivity contribution in [3.8, 4) is 5.75 Å². The van der Waals surface area contributed by atoms with Crippen molar-refractivity contribution >= 4 is 17.0 Å². The fourth-order valence-corrected chi connectivity index (χ4v) is 1.40. The van der Waals surface area contributed by atoms with E-state index in [-0.39, 0.29) is 5.75 Å². The molecule has 0 radical (unpaired) electrons. The van der Waals surface area contributed by atoms with E-state index in [1.165, 1.54) is 0 Å². The van der Waals surface area contributed by atoms with E-state index < -0.39 is 0 Å². The zero-order chi connectivity index (χ0) is 10.1. The van der Waals surface area contributed by atoms with Gasteiger partial charge in [-0.1, -0.05) is 24.8 Å². The lowest BCUT2D eigenvalue weighted by molar-refractivity contribution is 0.469. The number of aryl methyl sites for hydroxylation is 1. The van der Waals surface area contributed by atoms with Gasteiger partial charge >= 0.3 is 0 Å². The molecule has 0 amide bonds. The summed E-state index contributed by atoms with van der Waals surface area (Å²) in [6, 6.07) is 7.56. The fourth-order valence-electron chi connectivity index (χ4n) is 1.40. The molecular weight excluding hydrogens is 174 g/mol. The summed E-state index contributed by atoms with van der Waals surface area (Å²) in [7, 11) is 0. The van der Waals surface area contributed by atoms with Crippen molar-refractivity contribution in [3.63, 3.8) is 0 Å². The highest BCUT2D eigenvalue weighted by Crippen LogP contribution is 2.22. The van der Waals surface area contributed by atoms with E-state index in [1.807, 2.05) is 18.2 Å². The van der Waals surface area contributed by atoms with E-state index in [9.17, 15) is 5.11 Å². The van der Waals surface area contributed by atoms with E-state index >= 15 is 0 Å². The Bertz CT molecular complexity index is 503. The standard InChI is InChI=1S/C12H11NO/c1-3-9-4-5-10-7-12(14)8(2)13-11(10)6-9/h3-7,14H,1H2,2H3. The highest BCUT2D eigenvalue weighted by atomic mass is 16.3. The van der Waals surface area contributed by atoms with Crippen molar-refractivity contribution in [2.24, 2.45) is 0 Å². The molecule has 0 aliphatic carbocycles. The van der Waals surface area contributed by atoms with Crippen molar-refractivity contribution < 1.29 is 5.11 Å². The number of benzene rings is 1. The SMILES string of the molecule is C=Cc1ccc2cc(O)c(C)nc2c1. The molecule has 2 heteroatoms. The molecule has 2 aromatic rings. The van der Waals surface area contributed by atoms with Gasteiger partial charge in [0, 0.05) is 5.39 Å². The van der Waals surface area contributed by atoms with Gasteiger partial charge in [0.25, 0.3) is 0 Å². The van der Waals surface area contributed by atoms with Gasteiger partial charge in [0.1, 0.15) is 5.75 Å². The number of aromatic hydroxyl groups is 1. The minimum atomic E-state index is 0.240. The van der Waals surface area contributed by atoms with Gasteiger partial charge in [0.2, 0.25) is 0 Å². The molecule has 0 atom stereocenters. The van der Waals surface area contributed by atoms with E-state index in [0.717, 1.165) is 16.5 Å². The van der Waals surface area contributed by atoms with Crippen molar-refractivity contribution in [1.29, 1.82) is 0 Å². The molecule has 1 aromatic carbocycles. The smallest absolute Gasteiger partial charge is 0.137 e. The maximum atomic E-state index is 9.46. The Kier molecular flexibility index (Phi) is 1.97. The topological polar surface area (TPSA) is 33.1 Å². The summed E-state index contributed by atoms with van der Waals surface area (Å²) in [5, 5.41) is 10.4. The molecule has 1 N–H and O–H groups in total. The third-order valence-electron chi connectivity index (χ3n) is 2.24. The zero-order valence-corrected chi connectivity index (χ0v) is 7.99. The van der Waals surface area contributed by atoms with Gasteiger partial charge in [-0.15, -0.1) is 0 Å². The maximum Gasteiger partial charge on any atom is 0.137 e. The van der Waals surface area contributed by atoms with Crippen LogP contribution < -0.4 is 0 Å². The van der Waals surface area contributed by atoms with Gasteiger partial charge in [-0.25, -0.2) is 4.98 Å². The predicted molar refractivity (Wildman–Crippen MR) is 58.2 cm³/mol. The summed E-state index contributed by atoms with van der Waals surface area (Å²) >= 11 is 0. The molecule has 0 aliphatic heterocycles. The van der Waals surface area contributed by atoms with Crippen molar-refractivity contribution in [1.82, 2.24) is 4.98 Å². The minimum Gasteiger partial charge on any atom is -0.506 e. The van der Waals surface area contributed by atoms with Crippen molar-refractivity contribution in [3.05, 3.63) is 42.1 Å². The number of hydrogen-bond acceptors (Lipinski definition) is 2. The third-order valence-corrected chi connectivity index (χ3v) is 2.24. The van der Waals surface area contributed by atoms with Crippen LogP contribution in [-0.4, -0.2) is 10.1 Å². The number of fused-ring (bicyclic) bond motifs is 1. The minimum absolute atomic E-state index is 0.240. The Morgan fingerprint density at radius 2 is 2.14 bits per heavy atom. The Morgan fingerprint density at radius 3 is 2.86 bits per heavy atom. The van der Waals surface area contributed by atoms with Crippen LogP contribution in [0, 0.1) is 6.92 Å². The lowest BCUT2D eigenvalue weighted by atomic mass is 10.1. The molecule has 1 aromatic heterocycles. The van der Waals surface area contributed by atoms with Crippen LogP contribution in [0.1, 0.15) is 11.3 Å². The van der Waals surface area contributed by atoms with Crippen LogP contribution in [-0.2, 0) is 0 Å². The summed E-state index contributed by atoms with van der Waals surface area (Å²) in [5.74, 6) is 0.240. The molecule has 2 rings (SSSR count). The fraction of sp³-hybridized carbons (Fsp3) is 0.0833. The molecule has 2 nitrogen and oxygen atoms in total. The van der Waals surface area contributed by atoms with Crippen LogP contribution in [0.15, 0.2) is 30.8 Å². The van der Waals surface area contributed by atoms with Crippen LogP contribution in [0.5, 0.6) is 5.75 Å². The molecule has 0 aliphatic rings. The summed E-state index contributed by atoms with van der Waals surface area (Å²) in [6.07, 6.45) is 1.78. The second-order valence-electron chi connectivity index (χ2n) is 3.25. The largest absolute Gasteiger partial charge is 0.506 e. The average molecular weight is 185 g/mol. The second kappa shape index (κ2) is 3.14. The first-order chi connectivity index (χ1) is 6.70. The highest BCUT2D eigenvalue weighted by Gasteiger charge is 2.01. The predicted octanol–water partition coefficient (Wildman–Crippen LogP) is 2.89. The van der Waals surface area contributed by atoms with E-state index in [2.05, 4.69) is 11.6 Å². The molecule has 0 spiro atoms. The van der Waals surface area contributed by atoms with Gasteiger partial charge in [0.05, 0.1) is 11.2 Å². The normalized spacial score (nSPS) is 10.4. The molecule has 1 heterocycles. The second-order valence-corrected chi connectivity index (χ2v) is 3.25. The first-order valence-corrected chi connectivity index (χ1v) is 4.43. The molecular formula is C12H11NO. The molecule has 0 saturated heterocycles. The lowest BCUT2D eigenvalue weighted by Gasteiger charge is -2.02. The van der Waals surface area contributed by atoms with Crippen LogP contribution in [0.4, 0.5) is 0 Å². The maximum absolute atomic E-state index is 9.46. The van der Waals surface area contributed by atoms with Gasteiger partial charge in [-0.2, -0.15) is 0 Å². The number of hydrogen-bond donors (Lipinski definition) is 1. The quantitative estimate of drug-likeness (QED) is 0.741. The number of pyridine rings is 1. The summed E-state index contributed by atoms with van der Waals surface area (Å²) in [5.41, 5.74) is 2.58. The average Bonchev–Trinajstić information content (AvgIpc) is 2.19. The zero-order valence-electron chi connectivity index (χ0n) is 7.99. The van der Waals surface area contributed by atoms with Crippen LogP contribution in [0.2, 0.25) is 0 Å². The Labute approximate surface area is 82.5 Å². The molecule has 0 unspecified atom stereocenters. The van der Waals surface area contributed by atoms with Gasteiger partial charge < -0.3 is 5.11 Å². The number of rotatable bonds is 1. The Balaban J connectivity index is 2.76. The summed E-state index contributed by atoms with van der Waals surface area (Å²) in [4.78, 5) is 4.29. The van der Waals surface area contributed by atoms with E-state index in [4.69, 9.17) is 0 Å². The Hall–Kier alpha value is -1.83. The first kappa shape index (κ1) is 8.75. The van der Waals surface area contributed by atoms with Crippen molar-refractivity contribution in [2.75, 3.05) is 0 Å². The van der Waals surface area contributed by atoms with Gasteiger partial charge in [0.15, 0.2) is 0 Å². The first-order valence-electron chi connectivity index (χ1n) is 4.43. The summed E-state index contributed by atoms with van der Waals surface area (Å²) < 4.78 is 0. The monoisotopic (exact) mass is 185 g/mol.